The lowest BCUT2D eigenvalue weighted by Gasteiger charge is -2.14. The molecule has 0 spiro atoms. The van der Waals surface area contributed by atoms with Gasteiger partial charge in [-0.05, 0) is 49.6 Å². The number of sulfonamides is 1. The van der Waals surface area contributed by atoms with Gasteiger partial charge in [0, 0.05) is 41.0 Å². The molecule has 2 aromatic rings. The van der Waals surface area contributed by atoms with Crippen LogP contribution in [-0.2, 0) is 16.4 Å². The summed E-state index contributed by atoms with van der Waals surface area (Å²) in [6.07, 6.45) is 1.74. The van der Waals surface area contributed by atoms with Crippen LogP contribution in [0.4, 0.5) is 0 Å². The van der Waals surface area contributed by atoms with E-state index < -0.39 is 10.0 Å². The van der Waals surface area contributed by atoms with Crippen molar-refractivity contribution >= 4 is 21.6 Å². The first-order chi connectivity index (χ1) is 10.8. The minimum absolute atomic E-state index is 0.299. The molecule has 0 saturated heterocycles. The summed E-state index contributed by atoms with van der Waals surface area (Å²) in [5, 5.41) is 0.570. The van der Waals surface area contributed by atoms with Crippen LogP contribution in [0.25, 0.3) is 0 Å². The number of aryl methyl sites for hydroxylation is 2. The third-order valence-electron chi connectivity index (χ3n) is 3.37. The highest BCUT2D eigenvalue weighted by molar-refractivity contribution is 7.88. The number of H-pyrrole nitrogens is 1. The lowest BCUT2D eigenvalue weighted by Crippen LogP contribution is -2.27. The van der Waals surface area contributed by atoms with Gasteiger partial charge in [-0.25, -0.2) is 12.7 Å². The van der Waals surface area contributed by atoms with Gasteiger partial charge in [0.1, 0.15) is 0 Å². The van der Waals surface area contributed by atoms with Gasteiger partial charge in [-0.15, -0.1) is 0 Å². The molecule has 0 amide bonds. The quantitative estimate of drug-likeness (QED) is 0.680. The maximum atomic E-state index is 11.9. The van der Waals surface area contributed by atoms with Crippen LogP contribution < -0.4 is 0 Å². The van der Waals surface area contributed by atoms with Crippen LogP contribution in [0.5, 0.6) is 0 Å². The van der Waals surface area contributed by atoms with E-state index in [9.17, 15) is 8.42 Å². The monoisotopic (exact) mass is 350 g/mol. The summed E-state index contributed by atoms with van der Waals surface area (Å²) in [6, 6.07) is 11.8. The summed E-state index contributed by atoms with van der Waals surface area (Å²) >= 11 is 5.91. The van der Waals surface area contributed by atoms with Gasteiger partial charge in [-0.3, -0.25) is 0 Å². The first-order valence-corrected chi connectivity index (χ1v) is 9.38. The molecule has 0 saturated carbocycles. The lowest BCUT2D eigenvalue weighted by atomic mass is 10.2. The SMILES string of the molecule is Cc1cc(C)c(CCN(C#Cc2cccc(Cl)c2)S(C)(=O)=O)[nH]1. The van der Waals surface area contributed by atoms with E-state index >= 15 is 0 Å². The van der Waals surface area contributed by atoms with E-state index in [0.717, 1.165) is 23.2 Å². The van der Waals surface area contributed by atoms with Crippen LogP contribution in [0.3, 0.4) is 0 Å². The van der Waals surface area contributed by atoms with Crippen molar-refractivity contribution in [3.63, 3.8) is 0 Å². The van der Waals surface area contributed by atoms with E-state index in [1.807, 2.05) is 19.9 Å². The molecule has 0 radical (unpaired) electrons. The Morgan fingerprint density at radius 1 is 1.26 bits per heavy atom. The van der Waals surface area contributed by atoms with Gasteiger partial charge in [0.25, 0.3) is 0 Å². The summed E-state index contributed by atoms with van der Waals surface area (Å²) in [7, 11) is -3.41. The molecule has 2 rings (SSSR count). The van der Waals surface area contributed by atoms with Crippen molar-refractivity contribution in [2.75, 3.05) is 12.8 Å². The van der Waals surface area contributed by atoms with E-state index in [4.69, 9.17) is 11.6 Å². The number of hydrogen-bond acceptors (Lipinski definition) is 2. The van der Waals surface area contributed by atoms with Gasteiger partial charge in [0.05, 0.1) is 6.26 Å². The average Bonchev–Trinajstić information content (AvgIpc) is 2.75. The molecule has 0 aliphatic carbocycles. The molecular weight excluding hydrogens is 332 g/mol. The summed E-state index contributed by atoms with van der Waals surface area (Å²) < 4.78 is 25.0. The van der Waals surface area contributed by atoms with Crippen molar-refractivity contribution in [2.45, 2.75) is 20.3 Å². The van der Waals surface area contributed by atoms with Gasteiger partial charge in [-0.2, -0.15) is 0 Å². The van der Waals surface area contributed by atoms with E-state index in [1.54, 1.807) is 24.3 Å². The Balaban J connectivity index is 2.17. The molecule has 1 aromatic carbocycles. The Morgan fingerprint density at radius 2 is 2.00 bits per heavy atom. The molecule has 122 valence electrons. The van der Waals surface area contributed by atoms with E-state index in [2.05, 4.69) is 16.9 Å². The number of aromatic nitrogens is 1. The van der Waals surface area contributed by atoms with Crippen molar-refractivity contribution in [1.82, 2.24) is 9.29 Å². The summed E-state index contributed by atoms with van der Waals surface area (Å²) in [6.45, 7) is 4.28. The zero-order valence-corrected chi connectivity index (χ0v) is 14.9. The van der Waals surface area contributed by atoms with Gasteiger partial charge in [-0.1, -0.05) is 17.7 Å². The molecule has 0 bridgehead atoms. The molecular formula is C17H19ClN2O2S. The first kappa shape index (κ1) is 17.5. The number of hydrogen-bond donors (Lipinski definition) is 1. The highest BCUT2D eigenvalue weighted by Crippen LogP contribution is 2.12. The maximum absolute atomic E-state index is 11.9. The van der Waals surface area contributed by atoms with Crippen LogP contribution in [0, 0.1) is 25.8 Å². The molecule has 23 heavy (non-hydrogen) atoms. The highest BCUT2D eigenvalue weighted by Gasteiger charge is 2.13. The number of nitrogens with zero attached hydrogens (tertiary/aromatic N) is 1. The van der Waals surface area contributed by atoms with Crippen LogP contribution in [0.1, 0.15) is 22.5 Å². The fraction of sp³-hybridized carbons (Fsp3) is 0.294. The van der Waals surface area contributed by atoms with Gasteiger partial charge in [0.15, 0.2) is 0 Å². The van der Waals surface area contributed by atoms with Crippen LogP contribution >= 0.6 is 11.6 Å². The van der Waals surface area contributed by atoms with Crippen molar-refractivity contribution in [1.29, 1.82) is 0 Å². The van der Waals surface area contributed by atoms with E-state index in [0.29, 0.717) is 23.6 Å². The van der Waals surface area contributed by atoms with Crippen molar-refractivity contribution < 1.29 is 8.42 Å². The van der Waals surface area contributed by atoms with E-state index in [1.165, 1.54) is 4.31 Å². The van der Waals surface area contributed by atoms with Gasteiger partial charge >= 0.3 is 0 Å². The fourth-order valence-corrected chi connectivity index (χ4v) is 3.08. The predicted octanol–water partition coefficient (Wildman–Crippen LogP) is 3.10. The second-order valence-corrected chi connectivity index (χ2v) is 7.79. The van der Waals surface area contributed by atoms with Crippen LogP contribution in [-0.4, -0.2) is 30.5 Å². The normalized spacial score (nSPS) is 11.0. The molecule has 1 heterocycles. The van der Waals surface area contributed by atoms with Crippen molar-refractivity contribution in [3.8, 4) is 12.0 Å². The molecule has 6 heteroatoms. The van der Waals surface area contributed by atoms with Gasteiger partial charge < -0.3 is 4.98 Å². The second kappa shape index (κ2) is 7.12. The lowest BCUT2D eigenvalue weighted by molar-refractivity contribution is 0.517. The third kappa shape index (κ3) is 5.05. The average molecular weight is 351 g/mol. The Labute approximate surface area is 142 Å². The molecule has 1 N–H and O–H groups in total. The molecule has 1 aromatic heterocycles. The minimum Gasteiger partial charge on any atom is -0.362 e. The minimum atomic E-state index is -3.41. The molecule has 0 aliphatic rings. The Morgan fingerprint density at radius 3 is 2.57 bits per heavy atom. The maximum Gasteiger partial charge on any atom is 0.238 e. The van der Waals surface area contributed by atoms with Crippen molar-refractivity contribution in [2.24, 2.45) is 0 Å². The summed E-state index contributed by atoms with van der Waals surface area (Å²) in [5.74, 6) is 2.85. The molecule has 4 nitrogen and oxygen atoms in total. The number of nitrogens with one attached hydrogen (secondary N) is 1. The van der Waals surface area contributed by atoms with Crippen molar-refractivity contribution in [3.05, 3.63) is 57.9 Å². The standard InChI is InChI=1S/C17H19ClN2O2S/c1-13-11-14(2)19-17(13)8-10-20(23(3,21)22)9-7-15-5-4-6-16(18)12-15/h4-6,11-12,19H,8,10H2,1-3H3. The number of rotatable bonds is 4. The first-order valence-electron chi connectivity index (χ1n) is 7.16. The molecule has 0 atom stereocenters. The van der Waals surface area contributed by atoms with Crippen LogP contribution in [0.2, 0.25) is 5.02 Å². The topological polar surface area (TPSA) is 53.2 Å². The van der Waals surface area contributed by atoms with E-state index in [-0.39, 0.29) is 0 Å². The number of benzene rings is 1. The second-order valence-electron chi connectivity index (χ2n) is 5.45. The Hall–Kier alpha value is -1.90. The zero-order chi connectivity index (χ0) is 17.0. The molecule has 0 aliphatic heterocycles. The van der Waals surface area contributed by atoms with Gasteiger partial charge in [0.2, 0.25) is 10.0 Å². The largest absolute Gasteiger partial charge is 0.362 e. The molecule has 0 fully saturated rings. The fourth-order valence-electron chi connectivity index (χ4n) is 2.26. The summed E-state index contributed by atoms with van der Waals surface area (Å²) in [4.78, 5) is 3.25. The predicted molar refractivity (Wildman–Crippen MR) is 93.9 cm³/mol. The number of aromatic amines is 1. The van der Waals surface area contributed by atoms with Crippen LogP contribution in [0.15, 0.2) is 30.3 Å². The smallest absolute Gasteiger partial charge is 0.238 e. The third-order valence-corrected chi connectivity index (χ3v) is 4.68. The zero-order valence-electron chi connectivity index (χ0n) is 13.4. The highest BCUT2D eigenvalue weighted by atomic mass is 35.5. The summed E-state index contributed by atoms with van der Waals surface area (Å²) in [5.41, 5.74) is 3.89. The molecule has 0 unspecified atom stereocenters. The Kier molecular flexibility index (Phi) is 5.40. The Bertz CT molecular complexity index is 860. The number of halogens is 1.